The van der Waals surface area contributed by atoms with E-state index < -0.39 is 6.17 Å². The van der Waals surface area contributed by atoms with Crippen LogP contribution >= 0.6 is 0 Å². The average molecular weight is 392 g/mol. The summed E-state index contributed by atoms with van der Waals surface area (Å²) in [5, 5.41) is 3.44. The lowest BCUT2D eigenvalue weighted by molar-refractivity contribution is 0.0975. The van der Waals surface area contributed by atoms with Crippen LogP contribution in [0, 0.1) is 5.82 Å². The van der Waals surface area contributed by atoms with E-state index in [1.165, 1.54) is 12.1 Å². The van der Waals surface area contributed by atoms with E-state index >= 15 is 0 Å². The Labute approximate surface area is 168 Å². The molecule has 1 heterocycles. The first-order valence-corrected chi connectivity index (χ1v) is 9.23. The minimum atomic E-state index is -0.468. The Morgan fingerprint density at radius 2 is 1.79 bits per heavy atom. The largest absolute Gasteiger partial charge is 0.496 e. The van der Waals surface area contributed by atoms with E-state index in [0.29, 0.717) is 23.6 Å². The maximum absolute atomic E-state index is 13.5. The maximum atomic E-state index is 13.5. The van der Waals surface area contributed by atoms with Crippen LogP contribution in [0.2, 0.25) is 0 Å². The van der Waals surface area contributed by atoms with Crippen molar-refractivity contribution in [3.63, 3.8) is 0 Å². The molecule has 0 aliphatic carbocycles. The third-order valence-electron chi connectivity index (χ3n) is 4.95. The van der Waals surface area contributed by atoms with Crippen molar-refractivity contribution in [2.75, 3.05) is 24.4 Å². The van der Waals surface area contributed by atoms with Gasteiger partial charge in [0.15, 0.2) is 0 Å². The molecule has 3 aromatic rings. The van der Waals surface area contributed by atoms with Gasteiger partial charge in [-0.25, -0.2) is 4.39 Å². The molecule has 1 amide bonds. The third-order valence-corrected chi connectivity index (χ3v) is 4.95. The highest BCUT2D eigenvalue weighted by Gasteiger charge is 2.34. The number of carbonyl (C=O) groups is 1. The molecule has 29 heavy (non-hydrogen) atoms. The predicted octanol–water partition coefficient (Wildman–Crippen LogP) is 4.75. The number of fused-ring (bicyclic) bond motifs is 1. The highest BCUT2D eigenvalue weighted by atomic mass is 19.1. The molecule has 6 heteroatoms. The second kappa shape index (κ2) is 7.93. The van der Waals surface area contributed by atoms with Gasteiger partial charge in [0.1, 0.15) is 17.7 Å². The van der Waals surface area contributed by atoms with Gasteiger partial charge < -0.3 is 14.8 Å². The number of ether oxygens (including phenoxy) is 2. The molecule has 0 saturated carbocycles. The molecule has 3 aromatic carbocycles. The van der Waals surface area contributed by atoms with Crippen LogP contribution in [0.4, 0.5) is 15.8 Å². The van der Waals surface area contributed by atoms with E-state index in [-0.39, 0.29) is 11.7 Å². The van der Waals surface area contributed by atoms with Gasteiger partial charge in [-0.2, -0.15) is 0 Å². The van der Waals surface area contributed by atoms with E-state index in [0.717, 1.165) is 16.8 Å². The van der Waals surface area contributed by atoms with E-state index in [1.807, 2.05) is 36.4 Å². The van der Waals surface area contributed by atoms with Crippen LogP contribution < -0.4 is 15.0 Å². The minimum absolute atomic E-state index is 0.153. The third kappa shape index (κ3) is 3.54. The van der Waals surface area contributed by atoms with E-state index in [9.17, 15) is 9.18 Å². The van der Waals surface area contributed by atoms with Crippen LogP contribution in [-0.4, -0.2) is 20.1 Å². The van der Waals surface area contributed by atoms with Gasteiger partial charge in [0.25, 0.3) is 5.91 Å². The Kier molecular flexibility index (Phi) is 5.18. The Balaban J connectivity index is 1.84. The number of anilines is 2. The van der Waals surface area contributed by atoms with Crippen LogP contribution in [0.5, 0.6) is 5.75 Å². The minimum Gasteiger partial charge on any atom is -0.496 e. The van der Waals surface area contributed by atoms with Gasteiger partial charge >= 0.3 is 0 Å². The Hall–Kier alpha value is -3.38. The first-order chi connectivity index (χ1) is 14.1. The van der Waals surface area contributed by atoms with Crippen molar-refractivity contribution in [2.45, 2.75) is 12.8 Å². The molecule has 1 aliphatic rings. The molecule has 1 N–H and O–H groups in total. The normalized spacial score (nSPS) is 15.6. The van der Waals surface area contributed by atoms with Crippen LogP contribution in [0.15, 0.2) is 66.7 Å². The molecule has 1 unspecified atom stereocenters. The van der Waals surface area contributed by atoms with Gasteiger partial charge in [0, 0.05) is 24.0 Å². The number of amides is 1. The first-order valence-electron chi connectivity index (χ1n) is 9.23. The number of methoxy groups -OCH3 is 2. The Morgan fingerprint density at radius 1 is 1.03 bits per heavy atom. The van der Waals surface area contributed by atoms with Crippen LogP contribution in [0.3, 0.4) is 0 Å². The van der Waals surface area contributed by atoms with Crippen molar-refractivity contribution in [3.05, 3.63) is 89.2 Å². The number of rotatable bonds is 5. The monoisotopic (exact) mass is 392 g/mol. The molecule has 5 nitrogen and oxygen atoms in total. The fourth-order valence-corrected chi connectivity index (χ4v) is 3.59. The zero-order chi connectivity index (χ0) is 20.4. The molecule has 4 rings (SSSR count). The van der Waals surface area contributed by atoms with E-state index in [4.69, 9.17) is 9.47 Å². The topological polar surface area (TPSA) is 50.8 Å². The summed E-state index contributed by atoms with van der Waals surface area (Å²) in [4.78, 5) is 15.0. The summed E-state index contributed by atoms with van der Waals surface area (Å²) < 4.78 is 24.2. The van der Waals surface area contributed by atoms with E-state index in [1.54, 1.807) is 37.3 Å². The van der Waals surface area contributed by atoms with Crippen molar-refractivity contribution >= 4 is 17.3 Å². The van der Waals surface area contributed by atoms with E-state index in [2.05, 4.69) is 5.32 Å². The summed E-state index contributed by atoms with van der Waals surface area (Å²) in [5.41, 5.74) is 3.67. The number of hydrogen-bond donors (Lipinski definition) is 1. The molecule has 1 atom stereocenters. The number of halogens is 1. The van der Waals surface area contributed by atoms with Gasteiger partial charge in [-0.3, -0.25) is 9.69 Å². The Morgan fingerprint density at radius 3 is 2.52 bits per heavy atom. The standard InChI is InChI=1S/C23H21FN2O3/c1-28-14-16-13-15(7-12-21(16)29-2)22-25-20-6-4-3-5-19(20)23(27)26(22)18-10-8-17(24)9-11-18/h3-13,22,25H,14H2,1-2H3. The first kappa shape index (κ1) is 19.0. The average Bonchev–Trinajstić information content (AvgIpc) is 2.75. The second-order valence-electron chi connectivity index (χ2n) is 6.75. The summed E-state index contributed by atoms with van der Waals surface area (Å²) in [5.74, 6) is 0.210. The number of benzene rings is 3. The van der Waals surface area contributed by atoms with Crippen molar-refractivity contribution < 1.29 is 18.7 Å². The number of hydrogen-bond acceptors (Lipinski definition) is 4. The molecule has 148 valence electrons. The summed E-state index contributed by atoms with van der Waals surface area (Å²) in [6.45, 7) is 0.380. The number of nitrogens with one attached hydrogen (secondary N) is 1. The summed E-state index contributed by atoms with van der Waals surface area (Å²) in [6.07, 6.45) is -0.468. The fraction of sp³-hybridized carbons (Fsp3) is 0.174. The van der Waals surface area contributed by atoms with Crippen molar-refractivity contribution in [3.8, 4) is 5.75 Å². The van der Waals surface area contributed by atoms with Crippen molar-refractivity contribution in [2.24, 2.45) is 0 Å². The lowest BCUT2D eigenvalue weighted by atomic mass is 10.0. The van der Waals surface area contributed by atoms with Crippen LogP contribution in [0.25, 0.3) is 0 Å². The van der Waals surface area contributed by atoms with Crippen LogP contribution in [0.1, 0.15) is 27.7 Å². The van der Waals surface area contributed by atoms with Crippen molar-refractivity contribution in [1.29, 1.82) is 0 Å². The quantitative estimate of drug-likeness (QED) is 0.681. The molecular weight excluding hydrogens is 371 g/mol. The zero-order valence-electron chi connectivity index (χ0n) is 16.2. The van der Waals surface area contributed by atoms with Gasteiger partial charge in [0.2, 0.25) is 0 Å². The SMILES string of the molecule is COCc1cc(C2Nc3ccccc3C(=O)N2c2ccc(F)cc2)ccc1OC. The molecule has 0 spiro atoms. The molecule has 1 aliphatic heterocycles. The van der Waals surface area contributed by atoms with Gasteiger partial charge in [-0.1, -0.05) is 18.2 Å². The van der Waals surface area contributed by atoms with Crippen molar-refractivity contribution in [1.82, 2.24) is 0 Å². The second-order valence-corrected chi connectivity index (χ2v) is 6.75. The van der Waals surface area contributed by atoms with Gasteiger partial charge in [0.05, 0.1) is 19.3 Å². The molecule has 0 aromatic heterocycles. The van der Waals surface area contributed by atoms with Crippen LogP contribution in [-0.2, 0) is 11.3 Å². The lowest BCUT2D eigenvalue weighted by Crippen LogP contribution is -2.43. The molecule has 0 saturated heterocycles. The fourth-order valence-electron chi connectivity index (χ4n) is 3.59. The van der Waals surface area contributed by atoms with Gasteiger partial charge in [-0.05, 0) is 54.1 Å². The maximum Gasteiger partial charge on any atom is 0.262 e. The lowest BCUT2D eigenvalue weighted by Gasteiger charge is -2.38. The Bertz CT molecular complexity index is 1040. The molecule has 0 bridgehead atoms. The molecule has 0 fully saturated rings. The summed E-state index contributed by atoms with van der Waals surface area (Å²) >= 11 is 0. The highest BCUT2D eigenvalue weighted by molar-refractivity contribution is 6.12. The zero-order valence-corrected chi connectivity index (χ0v) is 16.2. The summed E-state index contributed by atoms with van der Waals surface area (Å²) in [7, 11) is 3.23. The van der Waals surface area contributed by atoms with Gasteiger partial charge in [-0.15, -0.1) is 0 Å². The smallest absolute Gasteiger partial charge is 0.262 e. The number of carbonyl (C=O) groups excluding carboxylic acids is 1. The predicted molar refractivity (Wildman–Crippen MR) is 110 cm³/mol. The number of para-hydroxylation sites is 1. The molecule has 0 radical (unpaired) electrons. The number of nitrogens with zero attached hydrogens (tertiary/aromatic N) is 1. The summed E-state index contributed by atoms with van der Waals surface area (Å²) in [6, 6.07) is 19.0. The highest BCUT2D eigenvalue weighted by Crippen LogP contribution is 2.37. The molecular formula is C23H21FN2O3.